The van der Waals surface area contributed by atoms with Crippen LogP contribution < -0.4 is 0 Å². The Morgan fingerprint density at radius 1 is 1.05 bits per heavy atom. The van der Waals surface area contributed by atoms with Crippen LogP contribution in [0, 0.1) is 6.92 Å². The van der Waals surface area contributed by atoms with E-state index in [4.69, 9.17) is 0 Å². The molecule has 0 atom stereocenters. The molecule has 110 valence electrons. The average Bonchev–Trinajstić information content (AvgIpc) is 3.14. The number of nitrogens with zero attached hydrogens (tertiary/aromatic N) is 5. The summed E-state index contributed by atoms with van der Waals surface area (Å²) in [6.45, 7) is 5.88. The topological polar surface area (TPSA) is 80.2 Å². The van der Waals surface area contributed by atoms with Gasteiger partial charge in [0, 0.05) is 18.6 Å². The number of aryl methyl sites for hydroxylation is 3. The third-order valence-electron chi connectivity index (χ3n) is 3.00. The summed E-state index contributed by atoms with van der Waals surface area (Å²) < 4.78 is 0. The van der Waals surface area contributed by atoms with E-state index in [1.54, 1.807) is 18.6 Å². The van der Waals surface area contributed by atoms with E-state index in [9.17, 15) is 0 Å². The summed E-state index contributed by atoms with van der Waals surface area (Å²) in [6, 6.07) is 2.06. The van der Waals surface area contributed by atoms with Crippen LogP contribution in [0.4, 0.5) is 0 Å². The van der Waals surface area contributed by atoms with E-state index in [1.807, 2.05) is 20.8 Å². The number of hydrogen-bond acceptors (Lipinski definition) is 5. The molecule has 6 heteroatoms. The number of aromatic nitrogens is 6. The Hall–Kier alpha value is -2.37. The zero-order valence-corrected chi connectivity index (χ0v) is 12.7. The number of H-pyrrole nitrogens is 1. The first-order valence-electron chi connectivity index (χ1n) is 7.26. The Kier molecular flexibility index (Phi) is 5.31. The van der Waals surface area contributed by atoms with Gasteiger partial charge < -0.3 is 4.98 Å². The summed E-state index contributed by atoms with van der Waals surface area (Å²) in [4.78, 5) is 15.1. The quantitative estimate of drug-likeness (QED) is 0.686. The second kappa shape index (κ2) is 7.42. The summed E-state index contributed by atoms with van der Waals surface area (Å²) in [5, 5.41) is 7.82. The van der Waals surface area contributed by atoms with Gasteiger partial charge in [0.2, 0.25) is 0 Å². The number of aromatic amines is 1. The van der Waals surface area contributed by atoms with Crippen molar-refractivity contribution < 1.29 is 0 Å². The van der Waals surface area contributed by atoms with Crippen molar-refractivity contribution in [3.8, 4) is 0 Å². The molecule has 0 aromatic carbocycles. The fourth-order valence-corrected chi connectivity index (χ4v) is 2.13. The van der Waals surface area contributed by atoms with Gasteiger partial charge in [-0.25, -0.2) is 15.0 Å². The van der Waals surface area contributed by atoms with Crippen LogP contribution in [0.15, 0.2) is 24.7 Å². The van der Waals surface area contributed by atoms with Crippen LogP contribution in [-0.2, 0) is 12.8 Å². The molecule has 21 heavy (non-hydrogen) atoms. The Morgan fingerprint density at radius 3 is 2.62 bits per heavy atom. The Labute approximate surface area is 124 Å². The molecule has 0 saturated carbocycles. The van der Waals surface area contributed by atoms with E-state index in [0.29, 0.717) is 5.65 Å². The van der Waals surface area contributed by atoms with Gasteiger partial charge in [-0.2, -0.15) is 10.2 Å². The molecule has 0 unspecified atom stereocenters. The zero-order chi connectivity index (χ0) is 15.1. The predicted molar refractivity (Wildman–Crippen MR) is 81.8 cm³/mol. The second-order valence-electron chi connectivity index (χ2n) is 4.41. The van der Waals surface area contributed by atoms with Crippen molar-refractivity contribution in [1.82, 2.24) is 30.1 Å². The lowest BCUT2D eigenvalue weighted by Gasteiger charge is -1.90. The van der Waals surface area contributed by atoms with Gasteiger partial charge in [0.1, 0.15) is 5.82 Å². The normalized spacial score (nSPS) is 12.0. The van der Waals surface area contributed by atoms with Crippen molar-refractivity contribution in [2.75, 3.05) is 0 Å². The molecule has 6 nitrogen and oxygen atoms in total. The third kappa shape index (κ3) is 3.81. The molecule has 0 spiro atoms. The standard InChI is InChI=1S/C7H8N2.C6H6N4.C2H6/c1-2-6-4-5-8-9-7(6)3-1;1-4-9-5-6(10-4)8-3-2-7-5;1-2/h4-5H,1-3H2;2-3H,1H3,(H,7,8,9,10);1-2H3. The van der Waals surface area contributed by atoms with Gasteiger partial charge in [-0.15, -0.1) is 0 Å². The third-order valence-corrected chi connectivity index (χ3v) is 3.00. The summed E-state index contributed by atoms with van der Waals surface area (Å²) in [5.41, 5.74) is 4.03. The van der Waals surface area contributed by atoms with Crippen LogP contribution in [0.25, 0.3) is 11.3 Å². The van der Waals surface area contributed by atoms with E-state index in [1.165, 1.54) is 24.1 Å². The van der Waals surface area contributed by atoms with Gasteiger partial charge >= 0.3 is 0 Å². The summed E-state index contributed by atoms with van der Waals surface area (Å²) in [7, 11) is 0. The minimum Gasteiger partial charge on any atom is -0.325 e. The van der Waals surface area contributed by atoms with E-state index < -0.39 is 0 Å². The first kappa shape index (κ1) is 15.0. The minimum absolute atomic E-state index is 0.681. The van der Waals surface area contributed by atoms with E-state index in [0.717, 1.165) is 17.9 Å². The van der Waals surface area contributed by atoms with Crippen molar-refractivity contribution in [2.24, 2.45) is 0 Å². The van der Waals surface area contributed by atoms with E-state index >= 15 is 0 Å². The smallest absolute Gasteiger partial charge is 0.197 e. The van der Waals surface area contributed by atoms with E-state index in [-0.39, 0.29) is 0 Å². The fraction of sp³-hybridized carbons (Fsp3) is 0.400. The van der Waals surface area contributed by atoms with Crippen LogP contribution in [0.3, 0.4) is 0 Å². The molecule has 1 N–H and O–H groups in total. The van der Waals surface area contributed by atoms with Crippen molar-refractivity contribution in [3.05, 3.63) is 41.7 Å². The SMILES string of the molecule is CC.Cc1nc2nccnc2[nH]1.c1cc2c(nn1)CCC2. The molecule has 3 heterocycles. The van der Waals surface area contributed by atoms with Crippen molar-refractivity contribution in [3.63, 3.8) is 0 Å². The van der Waals surface area contributed by atoms with Gasteiger partial charge in [0.05, 0.1) is 5.69 Å². The van der Waals surface area contributed by atoms with Gasteiger partial charge in [-0.05, 0) is 37.8 Å². The van der Waals surface area contributed by atoms with Crippen LogP contribution >= 0.6 is 0 Å². The number of imidazole rings is 1. The molecular weight excluding hydrogens is 264 g/mol. The van der Waals surface area contributed by atoms with Crippen LogP contribution in [-0.4, -0.2) is 30.1 Å². The predicted octanol–water partition coefficient (Wildman–Crippen LogP) is 2.65. The lowest BCUT2D eigenvalue weighted by molar-refractivity contribution is 0.878. The largest absolute Gasteiger partial charge is 0.325 e. The summed E-state index contributed by atoms with van der Waals surface area (Å²) in [5.74, 6) is 0.848. The minimum atomic E-state index is 0.681. The molecule has 3 aromatic heterocycles. The van der Waals surface area contributed by atoms with Crippen LogP contribution in [0.5, 0.6) is 0 Å². The lowest BCUT2D eigenvalue weighted by atomic mass is 10.2. The molecule has 0 saturated heterocycles. The molecule has 0 amide bonds. The first-order valence-corrected chi connectivity index (χ1v) is 7.26. The Balaban J connectivity index is 0.000000138. The van der Waals surface area contributed by atoms with Gasteiger partial charge in [0.15, 0.2) is 11.3 Å². The molecule has 0 bridgehead atoms. The Bertz CT molecular complexity index is 635. The summed E-state index contributed by atoms with van der Waals surface area (Å²) >= 11 is 0. The fourth-order valence-electron chi connectivity index (χ4n) is 2.13. The molecule has 1 aliphatic rings. The number of rotatable bonds is 0. The first-order chi connectivity index (χ1) is 10.3. The summed E-state index contributed by atoms with van der Waals surface area (Å²) in [6.07, 6.45) is 8.62. The van der Waals surface area contributed by atoms with Crippen molar-refractivity contribution in [1.29, 1.82) is 0 Å². The number of nitrogens with one attached hydrogen (secondary N) is 1. The lowest BCUT2D eigenvalue weighted by Crippen LogP contribution is -1.88. The highest BCUT2D eigenvalue weighted by Crippen LogP contribution is 2.16. The van der Waals surface area contributed by atoms with Crippen molar-refractivity contribution >= 4 is 11.3 Å². The van der Waals surface area contributed by atoms with Crippen molar-refractivity contribution in [2.45, 2.75) is 40.0 Å². The highest BCUT2D eigenvalue weighted by Gasteiger charge is 2.10. The zero-order valence-electron chi connectivity index (χ0n) is 12.7. The number of hydrogen-bond donors (Lipinski definition) is 1. The Morgan fingerprint density at radius 2 is 1.86 bits per heavy atom. The van der Waals surface area contributed by atoms with Gasteiger partial charge in [-0.3, -0.25) is 0 Å². The molecule has 0 fully saturated rings. The molecule has 1 aliphatic carbocycles. The highest BCUT2D eigenvalue weighted by atomic mass is 15.1. The second-order valence-corrected chi connectivity index (χ2v) is 4.41. The number of fused-ring (bicyclic) bond motifs is 2. The molecule has 3 aromatic rings. The molecule has 0 radical (unpaired) electrons. The maximum Gasteiger partial charge on any atom is 0.197 e. The monoisotopic (exact) mass is 284 g/mol. The van der Waals surface area contributed by atoms with Crippen LogP contribution in [0.1, 0.15) is 37.4 Å². The van der Waals surface area contributed by atoms with Gasteiger partial charge in [0.25, 0.3) is 0 Å². The molecule has 4 rings (SSSR count). The maximum absolute atomic E-state index is 4.08. The highest BCUT2D eigenvalue weighted by molar-refractivity contribution is 5.64. The molecule has 0 aliphatic heterocycles. The van der Waals surface area contributed by atoms with Crippen LogP contribution in [0.2, 0.25) is 0 Å². The maximum atomic E-state index is 4.08. The van der Waals surface area contributed by atoms with E-state index in [2.05, 4.69) is 36.2 Å². The van der Waals surface area contributed by atoms with Gasteiger partial charge in [-0.1, -0.05) is 13.8 Å². The average molecular weight is 284 g/mol. The molecular formula is C15H20N6.